The van der Waals surface area contributed by atoms with Crippen molar-refractivity contribution in [3.63, 3.8) is 0 Å². The number of carbonyl (C=O) groups excluding carboxylic acids is 1. The molecule has 4 heteroatoms. The Hall–Kier alpha value is -1.81. The smallest absolute Gasteiger partial charge is 0.218 e. The summed E-state index contributed by atoms with van der Waals surface area (Å²) in [5, 5.41) is 4.51. The molecule has 17 heavy (non-hydrogen) atoms. The van der Waals surface area contributed by atoms with Gasteiger partial charge in [0.15, 0.2) is 0 Å². The van der Waals surface area contributed by atoms with E-state index in [1.807, 2.05) is 25.3 Å². The van der Waals surface area contributed by atoms with Gasteiger partial charge in [-0.1, -0.05) is 12.1 Å². The molecule has 0 spiro atoms. The molecule has 0 aliphatic rings. The average molecular weight is 231 g/mol. The summed E-state index contributed by atoms with van der Waals surface area (Å²) in [7, 11) is 0. The Kier molecular flexibility index (Phi) is 3.44. The highest BCUT2D eigenvalue weighted by molar-refractivity contribution is 5.82. The van der Waals surface area contributed by atoms with E-state index < -0.39 is 0 Å². The fourth-order valence-electron chi connectivity index (χ4n) is 1.96. The molecule has 90 valence electrons. The van der Waals surface area contributed by atoms with E-state index in [4.69, 9.17) is 5.73 Å². The Balaban J connectivity index is 2.03. The number of aromatic nitrogens is 1. The van der Waals surface area contributed by atoms with Gasteiger partial charge in [0.1, 0.15) is 0 Å². The number of benzene rings is 1. The zero-order valence-electron chi connectivity index (χ0n) is 9.86. The molecule has 4 nitrogen and oxygen atoms in total. The standard InChI is InChI=1S/C13H17N3O/c1-9(7-13(14)17)16-8-10-3-2-4-12-11(10)5-6-15-12/h2-6,9,15-16H,7-8H2,1H3,(H2,14,17). The van der Waals surface area contributed by atoms with E-state index in [9.17, 15) is 4.79 Å². The van der Waals surface area contributed by atoms with Crippen molar-refractivity contribution in [2.24, 2.45) is 5.73 Å². The zero-order chi connectivity index (χ0) is 12.3. The van der Waals surface area contributed by atoms with Crippen molar-refractivity contribution in [3.8, 4) is 0 Å². The van der Waals surface area contributed by atoms with Crippen molar-refractivity contribution in [3.05, 3.63) is 36.0 Å². The fourth-order valence-corrected chi connectivity index (χ4v) is 1.96. The molecule has 0 fully saturated rings. The van der Waals surface area contributed by atoms with Crippen LogP contribution in [-0.2, 0) is 11.3 Å². The Morgan fingerprint density at radius 2 is 2.29 bits per heavy atom. The van der Waals surface area contributed by atoms with Crippen LogP contribution in [0.1, 0.15) is 18.9 Å². The van der Waals surface area contributed by atoms with Gasteiger partial charge in [0.2, 0.25) is 5.91 Å². The normalized spacial score (nSPS) is 12.8. The lowest BCUT2D eigenvalue weighted by Crippen LogP contribution is -2.30. The van der Waals surface area contributed by atoms with Gasteiger partial charge in [0.05, 0.1) is 0 Å². The lowest BCUT2D eigenvalue weighted by Gasteiger charge is -2.12. The topological polar surface area (TPSA) is 70.9 Å². The predicted molar refractivity (Wildman–Crippen MR) is 68.4 cm³/mol. The molecule has 1 atom stereocenters. The van der Waals surface area contributed by atoms with Crippen molar-refractivity contribution in [2.75, 3.05) is 0 Å². The molecule has 2 aromatic rings. The predicted octanol–water partition coefficient (Wildman–Crippen LogP) is 1.52. The van der Waals surface area contributed by atoms with Crippen molar-refractivity contribution in [1.82, 2.24) is 10.3 Å². The van der Waals surface area contributed by atoms with E-state index in [-0.39, 0.29) is 11.9 Å². The molecule has 0 bridgehead atoms. The Morgan fingerprint density at radius 3 is 3.06 bits per heavy atom. The van der Waals surface area contributed by atoms with E-state index in [1.54, 1.807) is 0 Å². The third-order valence-electron chi connectivity index (χ3n) is 2.83. The Bertz CT molecular complexity index is 518. The minimum absolute atomic E-state index is 0.0988. The van der Waals surface area contributed by atoms with Crippen LogP contribution in [0.3, 0.4) is 0 Å². The van der Waals surface area contributed by atoms with Crippen LogP contribution >= 0.6 is 0 Å². The van der Waals surface area contributed by atoms with Crippen molar-refractivity contribution >= 4 is 16.8 Å². The van der Waals surface area contributed by atoms with E-state index in [2.05, 4.69) is 22.4 Å². The Labute approximate surface area is 100 Å². The average Bonchev–Trinajstić information content (AvgIpc) is 2.73. The summed E-state index contributed by atoms with van der Waals surface area (Å²) in [5.41, 5.74) is 7.51. The molecule has 0 aliphatic carbocycles. The summed E-state index contributed by atoms with van der Waals surface area (Å²) in [4.78, 5) is 13.9. The highest BCUT2D eigenvalue weighted by Crippen LogP contribution is 2.17. The quantitative estimate of drug-likeness (QED) is 0.730. The molecular formula is C13H17N3O. The maximum absolute atomic E-state index is 10.8. The zero-order valence-corrected chi connectivity index (χ0v) is 9.86. The fraction of sp³-hybridized carbons (Fsp3) is 0.308. The second-order valence-electron chi connectivity index (χ2n) is 4.31. The summed E-state index contributed by atoms with van der Waals surface area (Å²) in [5.74, 6) is -0.273. The van der Waals surface area contributed by atoms with Crippen LogP contribution < -0.4 is 11.1 Å². The van der Waals surface area contributed by atoms with Gasteiger partial charge in [-0.05, 0) is 24.6 Å². The first-order valence-electron chi connectivity index (χ1n) is 5.73. The minimum Gasteiger partial charge on any atom is -0.370 e. The van der Waals surface area contributed by atoms with Crippen LogP contribution in [0.25, 0.3) is 10.9 Å². The first-order chi connectivity index (χ1) is 8.16. The summed E-state index contributed by atoms with van der Waals surface area (Å²) in [6, 6.07) is 8.31. The summed E-state index contributed by atoms with van der Waals surface area (Å²) >= 11 is 0. The van der Waals surface area contributed by atoms with Crippen LogP contribution in [0, 0.1) is 0 Å². The summed E-state index contributed by atoms with van der Waals surface area (Å²) in [6.45, 7) is 2.70. The second-order valence-corrected chi connectivity index (χ2v) is 4.31. The van der Waals surface area contributed by atoms with Crippen LogP contribution in [0.5, 0.6) is 0 Å². The number of nitrogens with one attached hydrogen (secondary N) is 2. The number of hydrogen-bond donors (Lipinski definition) is 3. The summed E-state index contributed by atoms with van der Waals surface area (Å²) < 4.78 is 0. The minimum atomic E-state index is -0.273. The molecule has 0 radical (unpaired) electrons. The lowest BCUT2D eigenvalue weighted by atomic mass is 10.1. The maximum atomic E-state index is 10.8. The van der Waals surface area contributed by atoms with Gasteiger partial charge in [-0.2, -0.15) is 0 Å². The third-order valence-corrected chi connectivity index (χ3v) is 2.83. The van der Waals surface area contributed by atoms with Crippen molar-refractivity contribution in [1.29, 1.82) is 0 Å². The molecule has 1 aromatic heterocycles. The van der Waals surface area contributed by atoms with Gasteiger partial charge < -0.3 is 16.0 Å². The van der Waals surface area contributed by atoms with E-state index in [0.717, 1.165) is 12.1 Å². The van der Waals surface area contributed by atoms with Gasteiger partial charge in [-0.3, -0.25) is 4.79 Å². The van der Waals surface area contributed by atoms with Gasteiger partial charge in [-0.25, -0.2) is 0 Å². The van der Waals surface area contributed by atoms with Crippen LogP contribution in [-0.4, -0.2) is 16.9 Å². The molecule has 1 amide bonds. The van der Waals surface area contributed by atoms with Gasteiger partial charge in [0, 0.05) is 36.1 Å². The second kappa shape index (κ2) is 5.01. The van der Waals surface area contributed by atoms with Gasteiger partial charge in [0.25, 0.3) is 0 Å². The highest BCUT2D eigenvalue weighted by Gasteiger charge is 2.06. The van der Waals surface area contributed by atoms with Gasteiger partial charge >= 0.3 is 0 Å². The first-order valence-corrected chi connectivity index (χ1v) is 5.73. The molecule has 1 heterocycles. The van der Waals surface area contributed by atoms with E-state index >= 15 is 0 Å². The van der Waals surface area contributed by atoms with E-state index in [0.29, 0.717) is 6.42 Å². The van der Waals surface area contributed by atoms with Crippen LogP contribution in [0.2, 0.25) is 0 Å². The lowest BCUT2D eigenvalue weighted by molar-refractivity contribution is -0.118. The molecule has 0 saturated carbocycles. The number of aromatic amines is 1. The number of fused-ring (bicyclic) bond motifs is 1. The number of rotatable bonds is 5. The first kappa shape index (κ1) is 11.7. The molecule has 1 unspecified atom stereocenters. The highest BCUT2D eigenvalue weighted by atomic mass is 16.1. The number of amides is 1. The SMILES string of the molecule is CC(CC(N)=O)NCc1cccc2[nH]ccc12. The molecule has 0 aliphatic heterocycles. The van der Waals surface area contributed by atoms with Crippen LogP contribution in [0.15, 0.2) is 30.5 Å². The molecule has 1 aromatic carbocycles. The van der Waals surface area contributed by atoms with Crippen LogP contribution in [0.4, 0.5) is 0 Å². The number of hydrogen-bond acceptors (Lipinski definition) is 2. The molecule has 4 N–H and O–H groups in total. The Morgan fingerprint density at radius 1 is 1.47 bits per heavy atom. The maximum Gasteiger partial charge on any atom is 0.218 e. The molecule has 2 rings (SSSR count). The number of carbonyl (C=O) groups is 1. The monoisotopic (exact) mass is 231 g/mol. The number of nitrogens with two attached hydrogens (primary N) is 1. The van der Waals surface area contributed by atoms with E-state index in [1.165, 1.54) is 10.9 Å². The molecule has 0 saturated heterocycles. The molecular weight excluding hydrogens is 214 g/mol. The third kappa shape index (κ3) is 2.85. The van der Waals surface area contributed by atoms with Crippen molar-refractivity contribution in [2.45, 2.75) is 25.9 Å². The summed E-state index contributed by atoms with van der Waals surface area (Å²) in [6.07, 6.45) is 2.30. The number of primary amides is 1. The largest absolute Gasteiger partial charge is 0.370 e. The van der Waals surface area contributed by atoms with Gasteiger partial charge in [-0.15, -0.1) is 0 Å². The van der Waals surface area contributed by atoms with Crippen molar-refractivity contribution < 1.29 is 4.79 Å². The number of H-pyrrole nitrogens is 1.